The lowest BCUT2D eigenvalue weighted by atomic mass is 10.2. The number of carbonyl (C=O) groups excluding carboxylic acids is 1. The molecule has 0 unspecified atom stereocenters. The van der Waals surface area contributed by atoms with E-state index in [1.165, 1.54) is 12.1 Å². The molecule has 104 valence electrons. The maximum Gasteiger partial charge on any atom is 0.275 e. The quantitative estimate of drug-likeness (QED) is 0.874. The van der Waals surface area contributed by atoms with Gasteiger partial charge in [0.1, 0.15) is 10.8 Å². The lowest BCUT2D eigenvalue weighted by molar-refractivity contribution is 0.102. The van der Waals surface area contributed by atoms with Crippen molar-refractivity contribution in [3.05, 3.63) is 57.8 Å². The summed E-state index contributed by atoms with van der Waals surface area (Å²) in [5.74, 6) is -0.410. The van der Waals surface area contributed by atoms with Crippen molar-refractivity contribution in [1.29, 1.82) is 0 Å². The zero-order chi connectivity index (χ0) is 14.5. The summed E-state index contributed by atoms with van der Waals surface area (Å²) in [6, 6.07) is 10.4. The Hall–Kier alpha value is -1.62. The highest BCUT2D eigenvalue weighted by molar-refractivity contribution is 6.35. The van der Waals surface area contributed by atoms with Crippen LogP contribution in [0.5, 0.6) is 0 Å². The first-order valence-electron chi connectivity index (χ1n) is 5.81. The van der Waals surface area contributed by atoms with Crippen LogP contribution in [0.1, 0.15) is 16.1 Å². The van der Waals surface area contributed by atoms with Gasteiger partial charge in [0.2, 0.25) is 0 Å². The number of nitrogens with one attached hydrogen (secondary N) is 1. The van der Waals surface area contributed by atoms with E-state index in [4.69, 9.17) is 27.9 Å². The third kappa shape index (κ3) is 3.70. The summed E-state index contributed by atoms with van der Waals surface area (Å²) in [6.07, 6.45) is 0. The number of nitrogens with zero attached hydrogens (tertiary/aromatic N) is 1. The van der Waals surface area contributed by atoms with Gasteiger partial charge in [-0.1, -0.05) is 35.3 Å². The number of amides is 1. The molecule has 2 aromatic rings. The second-order valence-corrected chi connectivity index (χ2v) is 4.85. The molecule has 0 saturated carbocycles. The lowest BCUT2D eigenvalue weighted by Gasteiger charge is -2.08. The standard InChI is InChI=1S/C14H12Cl2N2O2/c1-20-8-9-3-2-4-10(7-9)17-14(19)13-11(15)5-6-12(16)18-13/h2-7H,8H2,1H3,(H,17,19). The van der Waals surface area contributed by atoms with Gasteiger partial charge >= 0.3 is 0 Å². The molecule has 0 atom stereocenters. The number of methoxy groups -OCH3 is 1. The molecule has 1 N–H and O–H groups in total. The summed E-state index contributed by atoms with van der Waals surface area (Å²) in [5, 5.41) is 3.19. The van der Waals surface area contributed by atoms with E-state index in [-0.39, 0.29) is 15.9 Å². The van der Waals surface area contributed by atoms with Crippen molar-refractivity contribution in [2.24, 2.45) is 0 Å². The molecule has 6 heteroatoms. The number of hydrogen-bond donors (Lipinski definition) is 1. The van der Waals surface area contributed by atoms with Crippen LogP contribution >= 0.6 is 23.2 Å². The first kappa shape index (κ1) is 14.8. The van der Waals surface area contributed by atoms with Crippen molar-refractivity contribution in [1.82, 2.24) is 4.98 Å². The fraction of sp³-hybridized carbons (Fsp3) is 0.143. The largest absolute Gasteiger partial charge is 0.380 e. The number of aromatic nitrogens is 1. The number of halogens is 2. The van der Waals surface area contributed by atoms with Gasteiger partial charge in [0, 0.05) is 12.8 Å². The smallest absolute Gasteiger partial charge is 0.275 e. The first-order chi connectivity index (χ1) is 9.60. The Morgan fingerprint density at radius 2 is 2.10 bits per heavy atom. The molecule has 0 bridgehead atoms. The van der Waals surface area contributed by atoms with E-state index in [2.05, 4.69) is 10.3 Å². The molecule has 0 saturated heterocycles. The van der Waals surface area contributed by atoms with Gasteiger partial charge in [-0.25, -0.2) is 4.98 Å². The Morgan fingerprint density at radius 1 is 1.30 bits per heavy atom. The Bertz CT molecular complexity index is 632. The molecule has 0 aliphatic heterocycles. The topological polar surface area (TPSA) is 51.2 Å². The van der Waals surface area contributed by atoms with Crippen LogP contribution in [-0.4, -0.2) is 18.0 Å². The van der Waals surface area contributed by atoms with Crippen molar-refractivity contribution in [2.75, 3.05) is 12.4 Å². The van der Waals surface area contributed by atoms with E-state index in [1.54, 1.807) is 13.2 Å². The minimum absolute atomic E-state index is 0.0938. The van der Waals surface area contributed by atoms with Gasteiger partial charge in [-0.2, -0.15) is 0 Å². The van der Waals surface area contributed by atoms with Crippen LogP contribution in [0.15, 0.2) is 36.4 Å². The summed E-state index contributed by atoms with van der Waals surface area (Å²) in [4.78, 5) is 16.0. The molecule has 1 aromatic heterocycles. The van der Waals surface area contributed by atoms with Gasteiger partial charge in [0.05, 0.1) is 11.6 Å². The fourth-order valence-corrected chi connectivity index (χ4v) is 2.01. The van der Waals surface area contributed by atoms with Crippen LogP contribution in [0.2, 0.25) is 10.2 Å². The van der Waals surface area contributed by atoms with E-state index in [1.807, 2.05) is 18.2 Å². The van der Waals surface area contributed by atoms with Crippen molar-refractivity contribution in [2.45, 2.75) is 6.61 Å². The normalized spacial score (nSPS) is 10.3. The summed E-state index contributed by atoms with van der Waals surface area (Å²) in [5.41, 5.74) is 1.69. The molecule has 1 amide bonds. The highest BCUT2D eigenvalue weighted by Gasteiger charge is 2.13. The third-order valence-electron chi connectivity index (χ3n) is 2.52. The third-order valence-corrected chi connectivity index (χ3v) is 3.04. The second kappa shape index (κ2) is 6.70. The van der Waals surface area contributed by atoms with E-state index in [0.29, 0.717) is 12.3 Å². The number of benzene rings is 1. The van der Waals surface area contributed by atoms with Crippen molar-refractivity contribution < 1.29 is 9.53 Å². The molecule has 1 aromatic carbocycles. The minimum Gasteiger partial charge on any atom is -0.380 e. The van der Waals surface area contributed by atoms with Crippen molar-refractivity contribution >= 4 is 34.8 Å². The number of pyridine rings is 1. The summed E-state index contributed by atoms with van der Waals surface area (Å²) in [6.45, 7) is 0.472. The van der Waals surface area contributed by atoms with Crippen LogP contribution in [-0.2, 0) is 11.3 Å². The van der Waals surface area contributed by atoms with Crippen LogP contribution in [0.25, 0.3) is 0 Å². The molecule has 4 nitrogen and oxygen atoms in total. The Kier molecular flexibility index (Phi) is 4.95. The molecule has 0 aliphatic carbocycles. The van der Waals surface area contributed by atoms with Crippen LogP contribution in [0.4, 0.5) is 5.69 Å². The molecular formula is C14H12Cl2N2O2. The van der Waals surface area contributed by atoms with E-state index in [9.17, 15) is 4.79 Å². The molecule has 1 heterocycles. The molecule has 0 radical (unpaired) electrons. The summed E-state index contributed by atoms with van der Waals surface area (Å²) >= 11 is 11.7. The van der Waals surface area contributed by atoms with E-state index in [0.717, 1.165) is 5.56 Å². The van der Waals surface area contributed by atoms with Gasteiger partial charge in [0.25, 0.3) is 5.91 Å². The van der Waals surface area contributed by atoms with Crippen LogP contribution in [0.3, 0.4) is 0 Å². The molecule has 20 heavy (non-hydrogen) atoms. The Balaban J connectivity index is 2.19. The molecular weight excluding hydrogens is 299 g/mol. The highest BCUT2D eigenvalue weighted by atomic mass is 35.5. The number of hydrogen-bond acceptors (Lipinski definition) is 3. The average molecular weight is 311 g/mol. The maximum atomic E-state index is 12.1. The Morgan fingerprint density at radius 3 is 2.85 bits per heavy atom. The first-order valence-corrected chi connectivity index (χ1v) is 6.57. The van der Waals surface area contributed by atoms with Crippen molar-refractivity contribution in [3.63, 3.8) is 0 Å². The zero-order valence-electron chi connectivity index (χ0n) is 10.7. The SMILES string of the molecule is COCc1cccc(NC(=O)c2nc(Cl)ccc2Cl)c1. The average Bonchev–Trinajstić information content (AvgIpc) is 2.42. The molecule has 0 fully saturated rings. The van der Waals surface area contributed by atoms with Gasteiger partial charge in [0.15, 0.2) is 0 Å². The van der Waals surface area contributed by atoms with Crippen LogP contribution < -0.4 is 5.32 Å². The monoisotopic (exact) mass is 310 g/mol. The zero-order valence-corrected chi connectivity index (χ0v) is 12.2. The number of rotatable bonds is 4. The second-order valence-electron chi connectivity index (χ2n) is 4.05. The van der Waals surface area contributed by atoms with E-state index >= 15 is 0 Å². The molecule has 0 spiro atoms. The van der Waals surface area contributed by atoms with E-state index < -0.39 is 5.91 Å². The predicted octanol–water partition coefficient (Wildman–Crippen LogP) is 3.79. The van der Waals surface area contributed by atoms with Gasteiger partial charge in [-0.15, -0.1) is 0 Å². The number of ether oxygens (including phenoxy) is 1. The lowest BCUT2D eigenvalue weighted by Crippen LogP contribution is -2.14. The Labute approximate surface area is 126 Å². The van der Waals surface area contributed by atoms with Gasteiger partial charge in [-0.3, -0.25) is 4.79 Å². The van der Waals surface area contributed by atoms with Crippen molar-refractivity contribution in [3.8, 4) is 0 Å². The minimum atomic E-state index is -0.410. The summed E-state index contributed by atoms with van der Waals surface area (Å²) < 4.78 is 5.04. The molecule has 0 aliphatic rings. The fourth-order valence-electron chi connectivity index (χ4n) is 1.67. The van der Waals surface area contributed by atoms with Crippen LogP contribution in [0, 0.1) is 0 Å². The van der Waals surface area contributed by atoms with Gasteiger partial charge in [-0.05, 0) is 29.8 Å². The summed E-state index contributed by atoms with van der Waals surface area (Å²) in [7, 11) is 1.61. The maximum absolute atomic E-state index is 12.1. The molecule has 2 rings (SSSR count). The highest BCUT2D eigenvalue weighted by Crippen LogP contribution is 2.19. The van der Waals surface area contributed by atoms with Gasteiger partial charge < -0.3 is 10.1 Å². The predicted molar refractivity (Wildman–Crippen MR) is 79.4 cm³/mol. The number of carbonyl (C=O) groups is 1. The number of anilines is 1.